The summed E-state index contributed by atoms with van der Waals surface area (Å²) in [4.78, 5) is 13.9. The monoisotopic (exact) mass is 298 g/mol. The minimum Gasteiger partial charge on any atom is -0.335 e. The van der Waals surface area contributed by atoms with Crippen LogP contribution in [0.4, 0.5) is 4.79 Å². The summed E-state index contributed by atoms with van der Waals surface area (Å²) in [5, 5.41) is 7.91. The molecule has 0 spiro atoms. The van der Waals surface area contributed by atoms with E-state index < -0.39 is 0 Å². The summed E-state index contributed by atoms with van der Waals surface area (Å²) in [7, 11) is 1.79. The molecule has 20 heavy (non-hydrogen) atoms. The summed E-state index contributed by atoms with van der Waals surface area (Å²) in [6.45, 7) is 3.24. The Morgan fingerprint density at radius 1 is 1.50 bits per heavy atom. The molecule has 0 atom stereocenters. The van der Waals surface area contributed by atoms with Gasteiger partial charge >= 0.3 is 6.03 Å². The van der Waals surface area contributed by atoms with Crippen molar-refractivity contribution in [3.63, 3.8) is 0 Å². The average molecular weight is 299 g/mol. The molecule has 5 nitrogen and oxygen atoms in total. The van der Waals surface area contributed by atoms with Crippen molar-refractivity contribution < 1.29 is 4.79 Å². The molecule has 0 radical (unpaired) electrons. The minimum absolute atomic E-state index is 0.0307. The van der Waals surface area contributed by atoms with Gasteiger partial charge in [0.05, 0.1) is 23.5 Å². The van der Waals surface area contributed by atoms with E-state index in [0.29, 0.717) is 17.6 Å². The molecule has 6 heteroatoms. The molecule has 112 valence electrons. The largest absolute Gasteiger partial charge is 0.335 e. The zero-order chi connectivity index (χ0) is 14.5. The van der Waals surface area contributed by atoms with Gasteiger partial charge in [-0.2, -0.15) is 5.10 Å². The number of rotatable bonds is 4. The van der Waals surface area contributed by atoms with Crippen molar-refractivity contribution in [2.45, 2.75) is 58.2 Å². The van der Waals surface area contributed by atoms with Gasteiger partial charge in [-0.3, -0.25) is 4.68 Å². The zero-order valence-corrected chi connectivity index (χ0v) is 13.0. The van der Waals surface area contributed by atoms with E-state index in [2.05, 4.69) is 10.4 Å². The Bertz CT molecular complexity index is 454. The summed E-state index contributed by atoms with van der Waals surface area (Å²) in [6, 6.07) is 0.294. The molecule has 1 aromatic heterocycles. The summed E-state index contributed by atoms with van der Waals surface area (Å²) >= 11 is 6.12. The number of nitrogens with zero attached hydrogens (tertiary/aromatic N) is 3. The first-order chi connectivity index (χ1) is 9.61. The zero-order valence-electron chi connectivity index (χ0n) is 12.2. The van der Waals surface area contributed by atoms with Gasteiger partial charge in [0.25, 0.3) is 0 Å². The fraction of sp³-hybridized carbons (Fsp3) is 0.714. The van der Waals surface area contributed by atoms with E-state index in [4.69, 9.17) is 11.6 Å². The van der Waals surface area contributed by atoms with Crippen LogP contribution >= 0.6 is 11.6 Å². The van der Waals surface area contributed by atoms with Crippen LogP contribution in [-0.4, -0.2) is 33.8 Å². The van der Waals surface area contributed by atoms with Crippen molar-refractivity contribution >= 4 is 17.6 Å². The SMILES string of the molecule is CCn1ncc(Cl)c1CN(C)C(=O)NC1CCCCC1. The van der Waals surface area contributed by atoms with Crippen molar-refractivity contribution in [3.8, 4) is 0 Å². The van der Waals surface area contributed by atoms with Crippen molar-refractivity contribution in [2.24, 2.45) is 0 Å². The first-order valence-corrected chi connectivity index (χ1v) is 7.71. The number of carbonyl (C=O) groups is 1. The maximum Gasteiger partial charge on any atom is 0.317 e. The van der Waals surface area contributed by atoms with E-state index >= 15 is 0 Å². The van der Waals surface area contributed by atoms with E-state index in [-0.39, 0.29) is 6.03 Å². The fourth-order valence-electron chi connectivity index (χ4n) is 2.65. The predicted octanol–water partition coefficient (Wildman–Crippen LogP) is 3.03. The molecule has 0 aromatic carbocycles. The van der Waals surface area contributed by atoms with Crippen LogP contribution in [-0.2, 0) is 13.1 Å². The van der Waals surface area contributed by atoms with Gasteiger partial charge in [-0.05, 0) is 19.8 Å². The van der Waals surface area contributed by atoms with Gasteiger partial charge in [-0.25, -0.2) is 4.79 Å². The number of aromatic nitrogens is 2. The van der Waals surface area contributed by atoms with Crippen LogP contribution in [0.2, 0.25) is 5.02 Å². The van der Waals surface area contributed by atoms with Crippen molar-refractivity contribution in [1.82, 2.24) is 20.0 Å². The third kappa shape index (κ3) is 3.66. The number of nitrogens with one attached hydrogen (secondary N) is 1. The van der Waals surface area contributed by atoms with Gasteiger partial charge in [0, 0.05) is 19.6 Å². The van der Waals surface area contributed by atoms with E-state index in [0.717, 1.165) is 25.1 Å². The third-order valence-electron chi connectivity index (χ3n) is 3.86. The first-order valence-electron chi connectivity index (χ1n) is 7.33. The Hall–Kier alpha value is -1.23. The maximum absolute atomic E-state index is 12.2. The van der Waals surface area contributed by atoms with Gasteiger partial charge in [0.1, 0.15) is 0 Å². The number of hydrogen-bond acceptors (Lipinski definition) is 2. The van der Waals surface area contributed by atoms with Crippen molar-refractivity contribution in [1.29, 1.82) is 0 Å². The lowest BCUT2D eigenvalue weighted by Gasteiger charge is -2.26. The van der Waals surface area contributed by atoms with Crippen molar-refractivity contribution in [3.05, 3.63) is 16.9 Å². The van der Waals surface area contributed by atoms with Gasteiger partial charge in [0.15, 0.2) is 0 Å². The first kappa shape index (κ1) is 15.2. The molecular formula is C14H23ClN4O. The maximum atomic E-state index is 12.2. The van der Waals surface area contributed by atoms with E-state index in [1.807, 2.05) is 11.6 Å². The summed E-state index contributed by atoms with van der Waals surface area (Å²) < 4.78 is 1.83. The number of hydrogen-bond donors (Lipinski definition) is 1. The van der Waals surface area contributed by atoms with Crippen LogP contribution in [0.3, 0.4) is 0 Å². The number of amides is 2. The van der Waals surface area contributed by atoms with Crippen LogP contribution in [0, 0.1) is 0 Å². The molecule has 1 aliphatic carbocycles. The molecule has 0 saturated heterocycles. The second kappa shape index (κ2) is 6.97. The molecule has 0 aliphatic heterocycles. The molecule has 1 heterocycles. The topological polar surface area (TPSA) is 50.2 Å². The molecule has 1 aromatic rings. The third-order valence-corrected chi connectivity index (χ3v) is 4.18. The smallest absolute Gasteiger partial charge is 0.317 e. The molecule has 0 unspecified atom stereocenters. The van der Waals surface area contributed by atoms with E-state index in [1.165, 1.54) is 19.3 Å². The van der Waals surface area contributed by atoms with Crippen molar-refractivity contribution in [2.75, 3.05) is 7.05 Å². The number of carbonyl (C=O) groups excluding carboxylic acids is 1. The van der Waals surface area contributed by atoms with Crippen LogP contribution in [0.15, 0.2) is 6.20 Å². The Balaban J connectivity index is 1.91. The van der Waals surface area contributed by atoms with Gasteiger partial charge in [-0.1, -0.05) is 30.9 Å². The van der Waals surface area contributed by atoms with E-state index in [1.54, 1.807) is 18.1 Å². The highest BCUT2D eigenvalue weighted by atomic mass is 35.5. The second-order valence-corrected chi connectivity index (χ2v) is 5.80. The molecule has 1 fully saturated rings. The normalized spacial score (nSPS) is 16.1. The number of urea groups is 1. The lowest BCUT2D eigenvalue weighted by molar-refractivity contribution is 0.197. The number of aryl methyl sites for hydroxylation is 1. The standard InChI is InChI=1S/C14H23ClN4O/c1-3-19-13(12(15)9-16-19)10-18(2)14(20)17-11-7-5-4-6-8-11/h9,11H,3-8,10H2,1-2H3,(H,17,20). The molecule has 1 N–H and O–H groups in total. The second-order valence-electron chi connectivity index (χ2n) is 5.40. The average Bonchev–Trinajstić information content (AvgIpc) is 2.80. The Morgan fingerprint density at radius 2 is 2.20 bits per heavy atom. The lowest BCUT2D eigenvalue weighted by Crippen LogP contribution is -2.43. The Labute approximate surface area is 125 Å². The minimum atomic E-state index is -0.0307. The molecular weight excluding hydrogens is 276 g/mol. The van der Waals surface area contributed by atoms with Gasteiger partial charge in [-0.15, -0.1) is 0 Å². The fourth-order valence-corrected chi connectivity index (χ4v) is 2.85. The highest BCUT2D eigenvalue weighted by Crippen LogP contribution is 2.19. The predicted molar refractivity (Wildman–Crippen MR) is 79.8 cm³/mol. The quantitative estimate of drug-likeness (QED) is 0.929. The highest BCUT2D eigenvalue weighted by molar-refractivity contribution is 6.31. The Morgan fingerprint density at radius 3 is 2.85 bits per heavy atom. The number of halogens is 1. The lowest BCUT2D eigenvalue weighted by atomic mass is 9.96. The van der Waals surface area contributed by atoms with E-state index in [9.17, 15) is 4.79 Å². The van der Waals surface area contributed by atoms with Gasteiger partial charge in [0.2, 0.25) is 0 Å². The van der Waals surface area contributed by atoms with Crippen LogP contribution in [0.1, 0.15) is 44.7 Å². The molecule has 2 amide bonds. The molecule has 0 bridgehead atoms. The Kier molecular flexibility index (Phi) is 5.29. The molecule has 1 aliphatic rings. The highest BCUT2D eigenvalue weighted by Gasteiger charge is 2.19. The summed E-state index contributed by atoms with van der Waals surface area (Å²) in [6.07, 6.45) is 7.52. The van der Waals surface area contributed by atoms with Crippen LogP contribution in [0.5, 0.6) is 0 Å². The summed E-state index contributed by atoms with van der Waals surface area (Å²) in [5.41, 5.74) is 0.885. The van der Waals surface area contributed by atoms with Gasteiger partial charge < -0.3 is 10.2 Å². The van der Waals surface area contributed by atoms with Crippen LogP contribution in [0.25, 0.3) is 0 Å². The van der Waals surface area contributed by atoms with Crippen LogP contribution < -0.4 is 5.32 Å². The molecule has 1 saturated carbocycles. The molecule has 2 rings (SSSR count). The summed E-state index contributed by atoms with van der Waals surface area (Å²) in [5.74, 6) is 0.